The van der Waals surface area contributed by atoms with E-state index in [9.17, 15) is 14.0 Å². The molecule has 6 heteroatoms. The highest BCUT2D eigenvalue weighted by Gasteiger charge is 2.28. The molecule has 0 aromatic heterocycles. The number of hydrogen-bond acceptors (Lipinski definition) is 5. The molecule has 94 valence electrons. The normalized spacial score (nSPS) is 14.4. The van der Waals surface area contributed by atoms with Crippen LogP contribution in [0.2, 0.25) is 0 Å². The van der Waals surface area contributed by atoms with Gasteiger partial charge in [-0.1, -0.05) is 0 Å². The minimum Gasteiger partial charge on any atom is -0.468 e. The zero-order valence-corrected chi connectivity index (χ0v) is 9.53. The van der Waals surface area contributed by atoms with Crippen molar-refractivity contribution in [3.8, 4) is 0 Å². The third-order valence-corrected chi connectivity index (χ3v) is 2.15. The minimum absolute atomic E-state index is 0.0572. The number of halogens is 1. The molecule has 0 fully saturated rings. The van der Waals surface area contributed by atoms with Gasteiger partial charge in [-0.15, -0.1) is 0 Å². The van der Waals surface area contributed by atoms with E-state index in [4.69, 9.17) is 9.47 Å². The second-order valence-electron chi connectivity index (χ2n) is 3.60. The Bertz CT molecular complexity index is 521. The average Bonchev–Trinajstić information content (AvgIpc) is 2.64. The first kappa shape index (κ1) is 12.1. The number of hydrogen-bond donors (Lipinski definition) is 1. The lowest BCUT2D eigenvalue weighted by molar-refractivity contribution is -0.139. The van der Waals surface area contributed by atoms with E-state index in [0.717, 1.165) is 0 Å². The van der Waals surface area contributed by atoms with Crippen molar-refractivity contribution in [2.75, 3.05) is 11.9 Å². The van der Waals surface area contributed by atoms with Gasteiger partial charge in [0.15, 0.2) is 6.61 Å². The molecule has 0 saturated carbocycles. The van der Waals surface area contributed by atoms with Crippen LogP contribution in [0.4, 0.5) is 10.1 Å². The van der Waals surface area contributed by atoms with Crippen LogP contribution in [0.25, 0.3) is 0 Å². The second kappa shape index (κ2) is 4.87. The summed E-state index contributed by atoms with van der Waals surface area (Å²) < 4.78 is 22.5. The Morgan fingerprint density at radius 1 is 1.39 bits per heavy atom. The minimum atomic E-state index is -0.609. The number of anilines is 1. The fraction of sp³-hybridized carbons (Fsp3) is 0.167. The first-order chi connectivity index (χ1) is 8.56. The molecule has 0 radical (unpaired) electrons. The van der Waals surface area contributed by atoms with E-state index in [0.29, 0.717) is 5.69 Å². The van der Waals surface area contributed by atoms with Crippen molar-refractivity contribution in [1.29, 1.82) is 0 Å². The molecule has 1 aromatic rings. The smallest absolute Gasteiger partial charge is 0.308 e. The molecule has 0 spiro atoms. The van der Waals surface area contributed by atoms with E-state index in [-0.39, 0.29) is 24.1 Å². The van der Waals surface area contributed by atoms with Crippen LogP contribution in [0, 0.1) is 5.82 Å². The molecule has 5 nitrogen and oxygen atoms in total. The summed E-state index contributed by atoms with van der Waals surface area (Å²) >= 11 is 0. The van der Waals surface area contributed by atoms with Gasteiger partial charge in [-0.25, -0.2) is 4.39 Å². The zero-order chi connectivity index (χ0) is 13.1. The summed E-state index contributed by atoms with van der Waals surface area (Å²) in [5.41, 5.74) is 0.519. The van der Waals surface area contributed by atoms with Crippen LogP contribution < -0.4 is 5.32 Å². The number of nitrogens with one attached hydrogen (secondary N) is 1. The highest BCUT2D eigenvalue weighted by Crippen LogP contribution is 2.20. The quantitative estimate of drug-likeness (QED) is 0.826. The Kier molecular flexibility index (Phi) is 3.27. The zero-order valence-electron chi connectivity index (χ0n) is 9.53. The molecule has 1 aliphatic heterocycles. The van der Waals surface area contributed by atoms with Crippen LogP contribution in [0.15, 0.2) is 35.9 Å². The van der Waals surface area contributed by atoms with Crippen molar-refractivity contribution < 1.29 is 23.5 Å². The van der Waals surface area contributed by atoms with Gasteiger partial charge in [0.05, 0.1) is 0 Å². The number of esters is 1. The molecular formula is C12H10FNO4. The van der Waals surface area contributed by atoms with E-state index in [1.54, 1.807) is 0 Å². The Hall–Kier alpha value is -2.37. The maximum absolute atomic E-state index is 12.7. The molecule has 2 rings (SSSR count). The van der Waals surface area contributed by atoms with Crippen molar-refractivity contribution in [2.45, 2.75) is 6.92 Å². The van der Waals surface area contributed by atoms with Crippen molar-refractivity contribution in [3.63, 3.8) is 0 Å². The molecule has 18 heavy (non-hydrogen) atoms. The van der Waals surface area contributed by atoms with E-state index >= 15 is 0 Å². The third-order valence-electron chi connectivity index (χ3n) is 2.15. The Morgan fingerprint density at radius 3 is 2.67 bits per heavy atom. The first-order valence-electron chi connectivity index (χ1n) is 5.17. The average molecular weight is 251 g/mol. The number of rotatable bonds is 3. The van der Waals surface area contributed by atoms with Crippen LogP contribution in [-0.4, -0.2) is 18.4 Å². The molecule has 1 N–H and O–H groups in total. The van der Waals surface area contributed by atoms with Crippen molar-refractivity contribution in [2.24, 2.45) is 0 Å². The van der Waals surface area contributed by atoms with Gasteiger partial charge >= 0.3 is 5.97 Å². The molecule has 0 aliphatic carbocycles. The van der Waals surface area contributed by atoms with Gasteiger partial charge in [-0.2, -0.15) is 0 Å². The first-order valence-corrected chi connectivity index (χ1v) is 5.17. The summed E-state index contributed by atoms with van der Waals surface area (Å²) in [6, 6.07) is 5.45. The fourth-order valence-electron chi connectivity index (χ4n) is 1.40. The number of Topliss-reactive ketones (excluding diaryl/α,β-unsaturated/α-hetero) is 1. The number of ketones is 1. The SMILES string of the molecule is CC(=O)OC1=C(Nc2ccc(F)cc2)OCC1=O. The number of carbonyl (C=O) groups is 2. The standard InChI is InChI=1S/C12H10FNO4/c1-7(15)18-11-10(16)6-17-12(11)14-9-4-2-8(13)3-5-9/h2-5,14H,6H2,1H3. The predicted octanol–water partition coefficient (Wildman–Crippen LogP) is 1.57. The summed E-state index contributed by atoms with van der Waals surface area (Å²) in [5.74, 6) is -1.51. The van der Waals surface area contributed by atoms with Crippen LogP contribution in [0.3, 0.4) is 0 Å². The van der Waals surface area contributed by atoms with Gasteiger partial charge in [0, 0.05) is 12.6 Å². The lowest BCUT2D eigenvalue weighted by Crippen LogP contribution is -2.09. The van der Waals surface area contributed by atoms with Crippen LogP contribution in [0.5, 0.6) is 0 Å². The lowest BCUT2D eigenvalue weighted by atomic mass is 10.3. The van der Waals surface area contributed by atoms with E-state index in [1.807, 2.05) is 0 Å². The van der Waals surface area contributed by atoms with Gasteiger partial charge in [0.25, 0.3) is 0 Å². The molecular weight excluding hydrogens is 241 g/mol. The van der Waals surface area contributed by atoms with Crippen LogP contribution >= 0.6 is 0 Å². The third kappa shape index (κ3) is 2.65. The summed E-state index contributed by atoms with van der Waals surface area (Å²) in [7, 11) is 0. The lowest BCUT2D eigenvalue weighted by Gasteiger charge is -2.08. The van der Waals surface area contributed by atoms with Crippen molar-refractivity contribution in [3.05, 3.63) is 41.7 Å². The van der Waals surface area contributed by atoms with Crippen LogP contribution in [-0.2, 0) is 19.1 Å². The maximum Gasteiger partial charge on any atom is 0.308 e. The number of ether oxygens (including phenoxy) is 2. The highest BCUT2D eigenvalue weighted by atomic mass is 19.1. The summed E-state index contributed by atoms with van der Waals surface area (Å²) in [6.07, 6.45) is 0. The molecule has 0 atom stereocenters. The van der Waals surface area contributed by atoms with E-state index < -0.39 is 11.8 Å². The molecule has 1 aromatic carbocycles. The molecule has 0 amide bonds. The van der Waals surface area contributed by atoms with Crippen molar-refractivity contribution >= 4 is 17.4 Å². The summed E-state index contributed by atoms with van der Waals surface area (Å²) in [6.45, 7) is 1.00. The van der Waals surface area contributed by atoms with Crippen LogP contribution in [0.1, 0.15) is 6.92 Å². The topological polar surface area (TPSA) is 64.6 Å². The Balaban J connectivity index is 2.20. The van der Waals surface area contributed by atoms with Gasteiger partial charge in [0.2, 0.25) is 17.4 Å². The van der Waals surface area contributed by atoms with Crippen molar-refractivity contribution in [1.82, 2.24) is 0 Å². The number of benzene rings is 1. The molecule has 1 heterocycles. The highest BCUT2D eigenvalue weighted by molar-refractivity contribution is 5.99. The predicted molar refractivity (Wildman–Crippen MR) is 59.8 cm³/mol. The molecule has 0 bridgehead atoms. The summed E-state index contributed by atoms with van der Waals surface area (Å²) in [5, 5.41) is 2.75. The Morgan fingerprint density at radius 2 is 2.06 bits per heavy atom. The van der Waals surface area contributed by atoms with Gasteiger partial charge < -0.3 is 14.8 Å². The second-order valence-corrected chi connectivity index (χ2v) is 3.60. The number of carbonyl (C=O) groups excluding carboxylic acids is 2. The largest absolute Gasteiger partial charge is 0.468 e. The summed E-state index contributed by atoms with van der Waals surface area (Å²) in [4.78, 5) is 22.3. The Labute approximate surface area is 102 Å². The maximum atomic E-state index is 12.7. The van der Waals surface area contributed by atoms with E-state index in [1.165, 1.54) is 31.2 Å². The van der Waals surface area contributed by atoms with Gasteiger partial charge in [-0.05, 0) is 24.3 Å². The van der Waals surface area contributed by atoms with E-state index in [2.05, 4.69) is 5.32 Å². The van der Waals surface area contributed by atoms with Gasteiger partial charge in [-0.3, -0.25) is 9.59 Å². The monoisotopic (exact) mass is 251 g/mol. The van der Waals surface area contributed by atoms with Gasteiger partial charge in [0.1, 0.15) is 5.82 Å². The molecule has 0 unspecified atom stereocenters. The fourth-order valence-corrected chi connectivity index (χ4v) is 1.40. The molecule has 0 saturated heterocycles. The molecule has 1 aliphatic rings.